The number of aromatic hydroxyl groups is 1. The first kappa shape index (κ1) is 108. The fourth-order valence-electron chi connectivity index (χ4n) is 11.6. The third-order valence-corrected chi connectivity index (χ3v) is 19.5. The standard InChI is InChI=1S/C17H12BrFO.C16H11BO3.C16H10BrFO.C16H9BrO.C11H11BO3.C6H3BrFI.CH2Cl2.CH4NP.CH2O3.CH4.BBr3.HI.2K.H/c1-20-17-9-12-5-3-2-4-11(12)8-15(17)14-7-6-13(18)10-16(14)19;18-17(19)12-5-6-13-14-7-10-3-1-2-4-11(10)8-15(14)20-16(13)9-12;17-12-5-6-13(15(18)9-12)14-7-10-3-1-2-4-11(10)8-16(14)19;17-12-5-6-13-14-7-10-3-1-2-4-11(10)8-15(14)18-16(13)9-12;1-15-11-7-9-5-3-2-4-8(9)6-10(11)12(13)14;7-4-1-2-6(9)5(8)3-4;2-1-3;1-2-3;2-1-4-3;;2-1(3)4;;;;/h2-10H,1H3;1-9,18-19H;1-9,19H;1-9H;2-7,13-14H,1H3;1-3H;1H2;3H,1H3;1,3H;1H4;;1H;;;/q;;;;;;;;;;;;2*+1;-1/p-1. The van der Waals surface area contributed by atoms with Gasteiger partial charge < -0.3 is 55.1 Å². The molecule has 17 rings (SSSR count). The van der Waals surface area contributed by atoms with Crippen LogP contribution < -0.4 is 128 Å². The van der Waals surface area contributed by atoms with Crippen LogP contribution in [0.3, 0.4) is 0 Å². The van der Waals surface area contributed by atoms with E-state index in [-0.39, 0.29) is 174 Å². The molecule has 0 radical (unpaired) electrons. The van der Waals surface area contributed by atoms with Gasteiger partial charge in [-0.15, -0.1) is 94.4 Å². The maximum atomic E-state index is 14.2. The zero-order valence-electron chi connectivity index (χ0n) is 63.9. The van der Waals surface area contributed by atoms with Crippen molar-refractivity contribution < 1.29 is 176 Å². The Kier molecular flexibility index (Phi) is 50.1. The van der Waals surface area contributed by atoms with Gasteiger partial charge in [0.15, 0.2) is 0 Å². The normalized spacial score (nSPS) is 9.92. The number of hydrogen-bond acceptors (Lipinski definition) is 13. The van der Waals surface area contributed by atoms with Crippen LogP contribution in [0.1, 0.15) is 8.85 Å². The van der Waals surface area contributed by atoms with Crippen molar-refractivity contribution in [1.29, 1.82) is 0 Å². The molecule has 0 atom stereocenters. The number of phenolic OH excluding ortho intramolecular Hbond substituents is 1. The summed E-state index contributed by atoms with van der Waals surface area (Å²) >= 11 is 33.9. The van der Waals surface area contributed by atoms with Gasteiger partial charge in [-0.05, 0) is 212 Å². The number of nitrogens with zero attached hydrogens (tertiary/aromatic N) is 1. The summed E-state index contributed by atoms with van der Waals surface area (Å²) in [6.07, 6.45) is 0. The Morgan fingerprint density at radius 3 is 1.15 bits per heavy atom. The zero-order chi connectivity index (χ0) is 83.4. The van der Waals surface area contributed by atoms with Gasteiger partial charge in [-0.3, -0.25) is 9.54 Å². The third kappa shape index (κ3) is 31.9. The molecule has 0 fully saturated rings. The van der Waals surface area contributed by atoms with Gasteiger partial charge in [0, 0.05) is 77.8 Å². The van der Waals surface area contributed by atoms with Crippen LogP contribution in [0.25, 0.3) is 120 Å². The summed E-state index contributed by atoms with van der Waals surface area (Å²) < 4.78 is 70.4. The summed E-state index contributed by atoms with van der Waals surface area (Å²) in [5.41, 5.74) is 6.36. The fourth-order valence-corrected chi connectivity index (χ4v) is 13.3. The van der Waals surface area contributed by atoms with Crippen LogP contribution in [0.4, 0.5) is 13.2 Å². The fraction of sp³-hybridized carbons (Fsp3) is 0.0581. The van der Waals surface area contributed by atoms with E-state index in [1.54, 1.807) is 74.8 Å². The summed E-state index contributed by atoms with van der Waals surface area (Å²) in [6, 6.07) is 85.3. The molecule has 0 saturated heterocycles. The summed E-state index contributed by atoms with van der Waals surface area (Å²) in [4.78, 5) is 11.2. The predicted molar refractivity (Wildman–Crippen MR) is 526 cm³/mol. The largest absolute Gasteiger partial charge is 1.00 e. The summed E-state index contributed by atoms with van der Waals surface area (Å²) in [7, 11) is 4.59. The van der Waals surface area contributed by atoms with Crippen LogP contribution in [0, 0.1) is 21.0 Å². The summed E-state index contributed by atoms with van der Waals surface area (Å²) in [6.45, 7) is -0.181. The molecule has 17 aromatic rings. The molecule has 0 amide bonds. The molecule has 604 valence electrons. The molecule has 33 heteroatoms. The Hall–Kier alpha value is -3.37. The van der Waals surface area contributed by atoms with Crippen LogP contribution in [0.2, 0.25) is 0 Å². The molecule has 0 bridgehead atoms. The first-order valence-electron chi connectivity index (χ1n) is 33.7. The number of furan rings is 2. The van der Waals surface area contributed by atoms with E-state index in [2.05, 4.69) is 178 Å². The Bertz CT molecular complexity index is 6200. The van der Waals surface area contributed by atoms with Gasteiger partial charge in [-0.2, -0.15) is 0 Å². The van der Waals surface area contributed by atoms with Gasteiger partial charge in [-0.1, -0.05) is 223 Å². The van der Waals surface area contributed by atoms with Crippen molar-refractivity contribution in [2.75, 3.05) is 26.6 Å². The second-order valence-electron chi connectivity index (χ2n) is 23.9. The molecule has 15 aromatic carbocycles. The minimum absolute atomic E-state index is 0. The first-order valence-corrected chi connectivity index (χ1v) is 42.2. The molecule has 13 nitrogen and oxygen atoms in total. The molecule has 0 unspecified atom stereocenters. The number of methoxy groups -OCH3 is 2. The number of ether oxygens (including phenoxy) is 2. The number of fused-ring (bicyclic) bond motifs is 11. The number of benzene rings is 15. The molecule has 0 aliphatic carbocycles. The second-order valence-corrected chi connectivity index (χ2v) is 36.4. The van der Waals surface area contributed by atoms with Crippen molar-refractivity contribution in [1.82, 2.24) is 0 Å². The van der Waals surface area contributed by atoms with Gasteiger partial charge >= 0.3 is 120 Å². The molecular weight excluding hydrogens is 2320 g/mol. The Labute approximate surface area is 874 Å². The summed E-state index contributed by atoms with van der Waals surface area (Å²) in [5, 5.41) is 70.6. The average Bonchev–Trinajstić information content (AvgIpc) is 1.62. The molecule has 119 heavy (non-hydrogen) atoms. The molecule has 0 spiro atoms. The van der Waals surface area contributed by atoms with Crippen LogP contribution in [-0.2, 0) is 9.68 Å². The maximum Gasteiger partial charge on any atom is 1.00 e. The Morgan fingerprint density at radius 1 is 0.462 bits per heavy atom. The third-order valence-electron chi connectivity index (χ3n) is 16.6. The van der Waals surface area contributed by atoms with Crippen molar-refractivity contribution >= 4 is 322 Å². The maximum absolute atomic E-state index is 14.2. The monoisotopic (exact) mass is 2380 g/mol. The van der Waals surface area contributed by atoms with Crippen molar-refractivity contribution in [3.63, 3.8) is 0 Å². The molecule has 0 aliphatic rings. The minimum atomic E-state index is -1.51. The number of carbonyl (C=O) groups is 1. The minimum Gasteiger partial charge on any atom is -1.00 e. The van der Waals surface area contributed by atoms with Gasteiger partial charge in [0.2, 0.25) is 0 Å². The van der Waals surface area contributed by atoms with Crippen LogP contribution in [-0.4, -0.2) is 75.7 Å². The van der Waals surface area contributed by atoms with E-state index in [0.717, 1.165) is 89.6 Å². The molecule has 0 saturated carbocycles. The van der Waals surface area contributed by atoms with E-state index in [9.17, 15) is 38.4 Å². The van der Waals surface area contributed by atoms with Gasteiger partial charge in [0.1, 0.15) is 57.0 Å². The first-order chi connectivity index (χ1) is 55.3. The molecule has 2 heterocycles. The molecule has 5 N–H and O–H groups in total. The quantitative estimate of drug-likeness (QED) is 0.0148. The van der Waals surface area contributed by atoms with E-state index in [1.807, 2.05) is 168 Å². The molecule has 0 aliphatic heterocycles. The van der Waals surface area contributed by atoms with Crippen molar-refractivity contribution in [3.8, 4) is 39.5 Å². The predicted octanol–water partition coefficient (Wildman–Crippen LogP) is 20.5. The number of alkyl halides is 2. The van der Waals surface area contributed by atoms with Crippen LogP contribution in [0.15, 0.2) is 304 Å². The smallest absolute Gasteiger partial charge is 1.00 e. The Morgan fingerprint density at radius 2 is 0.773 bits per heavy atom. The number of carbonyl (C=O) groups excluding carboxylic acids is 1. The Balaban J connectivity index is 0.000000361. The van der Waals surface area contributed by atoms with E-state index >= 15 is 0 Å². The van der Waals surface area contributed by atoms with Gasteiger partial charge in [0.05, 0.1) is 19.6 Å². The number of rotatable bonds is 7. The summed E-state index contributed by atoms with van der Waals surface area (Å²) in [5.74, 6) is 0.437. The number of halogens is 14. The van der Waals surface area contributed by atoms with Crippen LogP contribution >= 0.6 is 190 Å². The average molecular weight is 2390 g/mol. The van der Waals surface area contributed by atoms with E-state index < -0.39 is 14.2 Å². The van der Waals surface area contributed by atoms with E-state index in [4.69, 9.17) is 51.6 Å². The van der Waals surface area contributed by atoms with Crippen LogP contribution in [0.5, 0.6) is 17.2 Å². The molecular formula is C86H69B3Br7Cl2F3I2K2NO12P. The SMILES string of the molecule is BrB(Br)Br.Brc1ccc2c(c1)oc1cc3ccccc3cc12.C.CN=P.COc1cc2ccccc2cc1-c1ccc(Br)cc1F.COc1cc2ccccc2cc1B(O)O.ClCCl.Fc1cc(Br)ccc1I.I.O=CO[O-].OB(O)c1ccc2c(c1)oc1cc3ccccc3cc12.Oc1cc2ccccc2cc1-c1ccc(Br)cc1F.[H-].[K+].[K+]. The number of hydrogen-bond donors (Lipinski definition) is 5. The van der Waals surface area contributed by atoms with E-state index in [0.29, 0.717) is 52.7 Å². The van der Waals surface area contributed by atoms with Crippen molar-refractivity contribution in [3.05, 3.63) is 312 Å². The van der Waals surface area contributed by atoms with E-state index in [1.165, 1.54) is 46.9 Å². The van der Waals surface area contributed by atoms with Crippen molar-refractivity contribution in [2.45, 2.75) is 7.43 Å². The van der Waals surface area contributed by atoms with Gasteiger partial charge in [0.25, 0.3) is 6.47 Å². The topological polar surface area (TPSA) is 208 Å². The number of phenols is 1. The van der Waals surface area contributed by atoms with Gasteiger partial charge in [-0.25, -0.2) is 13.2 Å². The second kappa shape index (κ2) is 55.3. The molecule has 2 aromatic heterocycles. The zero-order valence-corrected chi connectivity index (χ0v) is 87.2. The van der Waals surface area contributed by atoms with Crippen molar-refractivity contribution in [2.24, 2.45) is 4.74 Å².